The van der Waals surface area contributed by atoms with E-state index in [1.54, 1.807) is 29.2 Å². The molecule has 2 aromatic heterocycles. The van der Waals surface area contributed by atoms with Crippen molar-refractivity contribution in [1.82, 2.24) is 20.0 Å². The Morgan fingerprint density at radius 3 is 2.93 bits per heavy atom. The van der Waals surface area contributed by atoms with Crippen LogP contribution in [0.25, 0.3) is 11.3 Å². The number of rotatable bonds is 3. The van der Waals surface area contributed by atoms with Gasteiger partial charge in [-0.1, -0.05) is 0 Å². The van der Waals surface area contributed by atoms with Crippen molar-refractivity contribution in [3.63, 3.8) is 0 Å². The molecule has 0 unspecified atom stereocenters. The number of nitrogens with zero attached hydrogens (tertiary/aromatic N) is 4. The zero-order valence-corrected chi connectivity index (χ0v) is 8.04. The van der Waals surface area contributed by atoms with Gasteiger partial charge in [-0.05, 0) is 6.07 Å². The fraction of sp³-hybridized carbons (Fsp3) is 0.222. The average Bonchev–Trinajstić information content (AvgIpc) is 2.63. The maximum atomic E-state index is 8.79. The van der Waals surface area contributed by atoms with Gasteiger partial charge in [-0.25, -0.2) is 4.68 Å². The first-order chi connectivity index (χ1) is 7.31. The van der Waals surface area contributed by atoms with Crippen molar-refractivity contribution in [3.05, 3.63) is 24.5 Å². The Balaban J connectivity index is 2.34. The van der Waals surface area contributed by atoms with Crippen LogP contribution in [-0.2, 0) is 6.54 Å². The van der Waals surface area contributed by atoms with Gasteiger partial charge in [-0.15, -0.1) is 0 Å². The molecule has 0 aliphatic rings. The standard InChI is InChI=1S/C9H11N5O/c10-9-5-8(13-14(9)3-4-15)7-1-2-11-12-6-7/h1-2,5-6,15H,3-4,10H2. The zero-order valence-electron chi connectivity index (χ0n) is 8.04. The molecule has 78 valence electrons. The number of anilines is 1. The summed E-state index contributed by atoms with van der Waals surface area (Å²) in [5.41, 5.74) is 7.31. The average molecular weight is 205 g/mol. The topological polar surface area (TPSA) is 89.9 Å². The summed E-state index contributed by atoms with van der Waals surface area (Å²) in [6.45, 7) is 0.407. The Hall–Kier alpha value is -1.95. The lowest BCUT2D eigenvalue weighted by molar-refractivity contribution is 0.270. The van der Waals surface area contributed by atoms with Crippen LogP contribution < -0.4 is 5.73 Å². The molecule has 0 radical (unpaired) electrons. The van der Waals surface area contributed by atoms with E-state index >= 15 is 0 Å². The Morgan fingerprint density at radius 2 is 2.27 bits per heavy atom. The fourth-order valence-electron chi connectivity index (χ4n) is 1.29. The molecule has 0 spiro atoms. The predicted molar refractivity (Wildman–Crippen MR) is 54.8 cm³/mol. The number of nitrogens with two attached hydrogens (primary N) is 1. The van der Waals surface area contributed by atoms with E-state index in [1.807, 2.05) is 0 Å². The predicted octanol–water partition coefficient (Wildman–Crippen LogP) is -0.0854. The van der Waals surface area contributed by atoms with Crippen molar-refractivity contribution in [3.8, 4) is 11.3 Å². The van der Waals surface area contributed by atoms with Crippen molar-refractivity contribution in [2.24, 2.45) is 0 Å². The summed E-state index contributed by atoms with van der Waals surface area (Å²) < 4.78 is 1.55. The van der Waals surface area contributed by atoms with Crippen molar-refractivity contribution < 1.29 is 5.11 Å². The van der Waals surface area contributed by atoms with Crippen LogP contribution in [0.3, 0.4) is 0 Å². The highest BCUT2D eigenvalue weighted by Crippen LogP contribution is 2.18. The van der Waals surface area contributed by atoms with Gasteiger partial charge in [0.25, 0.3) is 0 Å². The molecule has 0 saturated carbocycles. The molecule has 2 rings (SSSR count). The van der Waals surface area contributed by atoms with Crippen LogP contribution in [0.5, 0.6) is 0 Å². The number of aliphatic hydroxyl groups excluding tert-OH is 1. The lowest BCUT2D eigenvalue weighted by atomic mass is 10.2. The summed E-state index contributed by atoms with van der Waals surface area (Å²) in [4.78, 5) is 0. The monoisotopic (exact) mass is 205 g/mol. The van der Waals surface area contributed by atoms with Crippen LogP contribution in [0.4, 0.5) is 5.82 Å². The van der Waals surface area contributed by atoms with Crippen molar-refractivity contribution >= 4 is 5.82 Å². The van der Waals surface area contributed by atoms with E-state index in [2.05, 4.69) is 15.3 Å². The first kappa shape index (κ1) is 9.60. The highest BCUT2D eigenvalue weighted by Gasteiger charge is 2.06. The summed E-state index contributed by atoms with van der Waals surface area (Å²) in [7, 11) is 0. The van der Waals surface area contributed by atoms with Gasteiger partial charge in [0.15, 0.2) is 0 Å². The third kappa shape index (κ3) is 1.94. The largest absolute Gasteiger partial charge is 0.394 e. The molecular weight excluding hydrogens is 194 g/mol. The number of hydrogen-bond acceptors (Lipinski definition) is 5. The molecular formula is C9H11N5O. The third-order valence-electron chi connectivity index (χ3n) is 2.00. The first-order valence-corrected chi connectivity index (χ1v) is 4.52. The molecule has 3 N–H and O–H groups in total. The molecule has 2 heterocycles. The van der Waals surface area contributed by atoms with Crippen molar-refractivity contribution in [1.29, 1.82) is 0 Å². The maximum absolute atomic E-state index is 8.79. The van der Waals surface area contributed by atoms with Gasteiger partial charge in [-0.3, -0.25) is 0 Å². The van der Waals surface area contributed by atoms with Crippen LogP contribution in [-0.4, -0.2) is 31.7 Å². The van der Waals surface area contributed by atoms with Gasteiger partial charge < -0.3 is 10.8 Å². The van der Waals surface area contributed by atoms with Crippen LogP contribution >= 0.6 is 0 Å². The van der Waals surface area contributed by atoms with Crippen LogP contribution in [0.2, 0.25) is 0 Å². The molecule has 2 aromatic rings. The molecule has 6 nitrogen and oxygen atoms in total. The smallest absolute Gasteiger partial charge is 0.122 e. The molecule has 0 atom stereocenters. The first-order valence-electron chi connectivity index (χ1n) is 4.52. The second-order valence-electron chi connectivity index (χ2n) is 3.03. The molecule has 15 heavy (non-hydrogen) atoms. The fourth-order valence-corrected chi connectivity index (χ4v) is 1.29. The molecule has 0 fully saturated rings. The summed E-state index contributed by atoms with van der Waals surface area (Å²) in [5.74, 6) is 0.524. The minimum atomic E-state index is 0.0138. The second kappa shape index (κ2) is 4.05. The van der Waals surface area contributed by atoms with E-state index in [1.165, 1.54) is 0 Å². The van der Waals surface area contributed by atoms with E-state index in [0.717, 1.165) is 11.3 Å². The summed E-state index contributed by atoms with van der Waals surface area (Å²) in [6, 6.07) is 3.55. The van der Waals surface area contributed by atoms with E-state index in [-0.39, 0.29) is 6.61 Å². The highest BCUT2D eigenvalue weighted by atomic mass is 16.3. The van der Waals surface area contributed by atoms with E-state index in [0.29, 0.717) is 12.4 Å². The molecule has 0 aromatic carbocycles. The van der Waals surface area contributed by atoms with Crippen molar-refractivity contribution in [2.75, 3.05) is 12.3 Å². The Bertz CT molecular complexity index is 439. The molecule has 0 bridgehead atoms. The van der Waals surface area contributed by atoms with E-state index in [9.17, 15) is 0 Å². The number of hydrogen-bond donors (Lipinski definition) is 2. The zero-order chi connectivity index (χ0) is 10.7. The van der Waals surface area contributed by atoms with Gasteiger partial charge in [0.2, 0.25) is 0 Å². The molecule has 0 saturated heterocycles. The summed E-state index contributed by atoms with van der Waals surface area (Å²) >= 11 is 0. The number of aromatic nitrogens is 4. The maximum Gasteiger partial charge on any atom is 0.122 e. The number of nitrogen functional groups attached to an aromatic ring is 1. The SMILES string of the molecule is Nc1cc(-c2ccnnc2)nn1CCO. The lowest BCUT2D eigenvalue weighted by Crippen LogP contribution is -2.07. The van der Waals surface area contributed by atoms with Gasteiger partial charge in [0, 0.05) is 11.6 Å². The molecule has 0 amide bonds. The molecule has 0 aliphatic carbocycles. The van der Waals surface area contributed by atoms with Crippen LogP contribution in [0.1, 0.15) is 0 Å². The number of aliphatic hydroxyl groups is 1. The summed E-state index contributed by atoms with van der Waals surface area (Å²) in [5, 5.41) is 20.5. The van der Waals surface area contributed by atoms with Gasteiger partial charge in [-0.2, -0.15) is 15.3 Å². The molecule has 0 aliphatic heterocycles. The molecule has 6 heteroatoms. The quantitative estimate of drug-likeness (QED) is 0.731. The second-order valence-corrected chi connectivity index (χ2v) is 3.03. The lowest BCUT2D eigenvalue weighted by Gasteiger charge is -1.98. The minimum absolute atomic E-state index is 0.0138. The third-order valence-corrected chi connectivity index (χ3v) is 2.00. The van der Waals surface area contributed by atoms with Gasteiger partial charge in [0.05, 0.1) is 31.2 Å². The highest BCUT2D eigenvalue weighted by molar-refractivity contribution is 5.60. The Morgan fingerprint density at radius 1 is 1.40 bits per heavy atom. The minimum Gasteiger partial charge on any atom is -0.394 e. The summed E-state index contributed by atoms with van der Waals surface area (Å²) in [6.07, 6.45) is 3.21. The van der Waals surface area contributed by atoms with Gasteiger partial charge in [0.1, 0.15) is 5.82 Å². The Labute approximate surface area is 86.4 Å². The Kier molecular flexibility index (Phi) is 2.59. The normalized spacial score (nSPS) is 10.5. The van der Waals surface area contributed by atoms with Crippen molar-refractivity contribution in [2.45, 2.75) is 6.54 Å². The van der Waals surface area contributed by atoms with E-state index in [4.69, 9.17) is 10.8 Å². The van der Waals surface area contributed by atoms with Gasteiger partial charge >= 0.3 is 0 Å². The van der Waals surface area contributed by atoms with E-state index < -0.39 is 0 Å². The van der Waals surface area contributed by atoms with Crippen LogP contribution in [0.15, 0.2) is 24.5 Å². The van der Waals surface area contributed by atoms with Crippen LogP contribution in [0, 0.1) is 0 Å².